The first-order valence-corrected chi connectivity index (χ1v) is 12.5. The number of aryl methyl sites for hydroxylation is 1. The molecule has 2 aliphatic rings. The summed E-state index contributed by atoms with van der Waals surface area (Å²) in [4.78, 5) is 33.2. The van der Waals surface area contributed by atoms with E-state index in [0.717, 1.165) is 16.8 Å². The molecule has 204 valence electrons. The number of pyridine rings is 1. The molecule has 5 heterocycles. The second kappa shape index (κ2) is 10.1. The Hall–Kier alpha value is -4.27. The van der Waals surface area contributed by atoms with Crippen LogP contribution in [-0.2, 0) is 11.4 Å². The summed E-state index contributed by atoms with van der Waals surface area (Å²) in [6.07, 6.45) is 8.73. The lowest BCUT2D eigenvalue weighted by Gasteiger charge is -2.22. The second-order valence-corrected chi connectivity index (χ2v) is 9.54. The Morgan fingerprint density at radius 3 is 2.38 bits per heavy atom. The number of nitrogens with zero attached hydrogens (tertiary/aromatic N) is 9. The molecule has 0 N–H and O–H groups in total. The summed E-state index contributed by atoms with van der Waals surface area (Å²) in [6.45, 7) is 0.0694. The minimum Gasteiger partial charge on any atom is -0.364 e. The second-order valence-electron chi connectivity index (χ2n) is 9.54. The van der Waals surface area contributed by atoms with Crippen LogP contribution in [0.1, 0.15) is 35.3 Å². The van der Waals surface area contributed by atoms with Gasteiger partial charge in [-0.05, 0) is 18.9 Å². The summed E-state index contributed by atoms with van der Waals surface area (Å²) in [5, 5.41) is 16.5. The highest BCUT2D eigenvalue weighted by molar-refractivity contribution is 5.94. The van der Waals surface area contributed by atoms with Crippen molar-refractivity contribution in [3.05, 3.63) is 64.5 Å². The van der Waals surface area contributed by atoms with Crippen molar-refractivity contribution < 1.29 is 22.8 Å². The molecule has 3 aromatic heterocycles. The number of aromatic nitrogens is 7. The monoisotopic (exact) mass is 543 g/mol. The highest BCUT2D eigenvalue weighted by atomic mass is 19.1. The Morgan fingerprint density at radius 1 is 1.03 bits per heavy atom. The maximum Gasteiger partial charge on any atom is 0.362 e. The van der Waals surface area contributed by atoms with Crippen LogP contribution in [0, 0.1) is 11.6 Å². The van der Waals surface area contributed by atoms with Gasteiger partial charge in [-0.25, -0.2) is 27.3 Å². The van der Waals surface area contributed by atoms with Gasteiger partial charge in [0.25, 0.3) is 0 Å². The molecule has 2 aliphatic heterocycles. The topological polar surface area (TPSA) is 116 Å². The first kappa shape index (κ1) is 25.0. The number of halogens is 3. The third-order valence-corrected chi connectivity index (χ3v) is 7.22. The minimum atomic E-state index is -0.995. The van der Waals surface area contributed by atoms with Crippen molar-refractivity contribution in [2.24, 2.45) is 0 Å². The van der Waals surface area contributed by atoms with Gasteiger partial charge in [-0.2, -0.15) is 0 Å². The van der Waals surface area contributed by atoms with Crippen molar-refractivity contribution in [2.45, 2.75) is 31.5 Å². The number of alkyl halides is 1. The summed E-state index contributed by atoms with van der Waals surface area (Å²) in [5.41, 5.74) is -1.94. The summed E-state index contributed by atoms with van der Waals surface area (Å²) in [6, 6.07) is 0.694. The van der Waals surface area contributed by atoms with E-state index in [-0.39, 0.29) is 41.8 Å². The quantitative estimate of drug-likeness (QED) is 0.345. The SMILES string of the molecule is O=C(ON1CCC(n2ccnn2)C1)c1cn(CCF)c2c(F)c(N3CCC(n4ccnn4)C3)c(F)cc2c1=O. The van der Waals surface area contributed by atoms with Crippen molar-refractivity contribution in [3.63, 3.8) is 0 Å². The maximum absolute atomic E-state index is 15.9. The molecule has 0 amide bonds. The van der Waals surface area contributed by atoms with Gasteiger partial charge in [-0.1, -0.05) is 10.4 Å². The van der Waals surface area contributed by atoms with Gasteiger partial charge in [0.1, 0.15) is 23.7 Å². The van der Waals surface area contributed by atoms with Crippen molar-refractivity contribution in [1.82, 2.24) is 39.6 Å². The lowest BCUT2D eigenvalue weighted by molar-refractivity contribution is -0.0951. The van der Waals surface area contributed by atoms with Crippen LogP contribution in [0.25, 0.3) is 10.9 Å². The Labute approximate surface area is 219 Å². The number of carbonyl (C=O) groups excluding carboxylic acids is 1. The van der Waals surface area contributed by atoms with Crippen molar-refractivity contribution in [3.8, 4) is 0 Å². The fourth-order valence-corrected chi connectivity index (χ4v) is 5.34. The molecule has 4 aromatic rings. The van der Waals surface area contributed by atoms with Crippen LogP contribution in [0.2, 0.25) is 0 Å². The molecule has 0 spiro atoms. The molecule has 0 saturated carbocycles. The third kappa shape index (κ3) is 4.51. The van der Waals surface area contributed by atoms with Gasteiger partial charge >= 0.3 is 5.97 Å². The summed E-state index contributed by atoms with van der Waals surface area (Å²) >= 11 is 0. The van der Waals surface area contributed by atoms with E-state index in [9.17, 15) is 14.0 Å². The standard InChI is InChI=1S/C24H24F3N9O3/c25-3-8-33-14-18(24(38)39-34-7-2-16(13-34)36-10-5-29-31-36)23(37)17-11-19(26)22(20(27)21(17)33)32-6-1-15(12-32)35-9-4-28-30-35/h4-5,9-11,14-16H,1-3,6-8,12-13H2. The molecule has 0 radical (unpaired) electrons. The zero-order valence-corrected chi connectivity index (χ0v) is 20.7. The van der Waals surface area contributed by atoms with E-state index in [1.165, 1.54) is 16.2 Å². The minimum absolute atomic E-state index is 0.0727. The normalized spacial score (nSPS) is 19.8. The molecule has 0 aliphatic carbocycles. The number of hydrogen-bond donors (Lipinski definition) is 0. The zero-order valence-electron chi connectivity index (χ0n) is 20.7. The average Bonchev–Trinajstić information content (AvgIpc) is 3.73. The molecular weight excluding hydrogens is 519 g/mol. The van der Waals surface area contributed by atoms with Crippen molar-refractivity contribution in [1.29, 1.82) is 0 Å². The van der Waals surface area contributed by atoms with Crippen LogP contribution >= 0.6 is 0 Å². The van der Waals surface area contributed by atoms with E-state index in [4.69, 9.17) is 4.84 Å². The van der Waals surface area contributed by atoms with Gasteiger partial charge in [0.15, 0.2) is 5.82 Å². The van der Waals surface area contributed by atoms with Crippen molar-refractivity contribution in [2.75, 3.05) is 37.8 Å². The lowest BCUT2D eigenvalue weighted by Crippen LogP contribution is -2.30. The van der Waals surface area contributed by atoms with Crippen LogP contribution in [0.15, 0.2) is 41.8 Å². The Morgan fingerprint density at radius 2 is 1.72 bits per heavy atom. The molecular formula is C24H24F3N9O3. The van der Waals surface area contributed by atoms with Gasteiger partial charge < -0.3 is 14.3 Å². The summed E-state index contributed by atoms with van der Waals surface area (Å²) < 4.78 is 49.2. The van der Waals surface area contributed by atoms with E-state index in [0.29, 0.717) is 32.5 Å². The van der Waals surface area contributed by atoms with E-state index in [2.05, 4.69) is 20.6 Å². The van der Waals surface area contributed by atoms with Crippen LogP contribution in [0.3, 0.4) is 0 Å². The smallest absolute Gasteiger partial charge is 0.362 e. The zero-order chi connectivity index (χ0) is 27.1. The Kier molecular flexibility index (Phi) is 6.50. The van der Waals surface area contributed by atoms with Crippen LogP contribution in [-0.4, -0.2) is 78.4 Å². The number of carbonyl (C=O) groups is 1. The number of hydrogen-bond acceptors (Lipinski definition) is 9. The van der Waals surface area contributed by atoms with Crippen LogP contribution in [0.5, 0.6) is 0 Å². The molecule has 12 nitrogen and oxygen atoms in total. The van der Waals surface area contributed by atoms with Crippen molar-refractivity contribution >= 4 is 22.6 Å². The molecule has 6 rings (SSSR count). The predicted octanol–water partition coefficient (Wildman–Crippen LogP) is 1.90. The maximum atomic E-state index is 15.9. The first-order chi connectivity index (χ1) is 18.9. The van der Waals surface area contributed by atoms with Crippen LogP contribution < -0.4 is 10.3 Å². The molecule has 1 aromatic carbocycles. The molecule has 2 fully saturated rings. The molecule has 2 atom stereocenters. The fourth-order valence-electron chi connectivity index (χ4n) is 5.34. The summed E-state index contributed by atoms with van der Waals surface area (Å²) in [7, 11) is 0. The summed E-state index contributed by atoms with van der Waals surface area (Å²) in [5.74, 6) is -2.94. The van der Waals surface area contributed by atoms with E-state index in [1.54, 1.807) is 28.0 Å². The lowest BCUT2D eigenvalue weighted by atomic mass is 10.1. The fraction of sp³-hybridized carbons (Fsp3) is 0.417. The Bertz CT molecular complexity index is 1560. The Balaban J connectivity index is 1.31. The highest BCUT2D eigenvalue weighted by Crippen LogP contribution is 2.34. The first-order valence-electron chi connectivity index (χ1n) is 12.5. The van der Waals surface area contributed by atoms with E-state index in [1.807, 2.05) is 0 Å². The number of rotatable bonds is 7. The van der Waals surface area contributed by atoms with Gasteiger partial charge in [-0.3, -0.25) is 4.79 Å². The third-order valence-electron chi connectivity index (χ3n) is 7.22. The molecule has 2 saturated heterocycles. The largest absolute Gasteiger partial charge is 0.364 e. The van der Waals surface area contributed by atoms with Gasteiger partial charge in [-0.15, -0.1) is 15.3 Å². The van der Waals surface area contributed by atoms with Gasteiger partial charge in [0.05, 0.1) is 48.5 Å². The average molecular weight is 544 g/mol. The van der Waals surface area contributed by atoms with Crippen LogP contribution in [0.4, 0.5) is 18.9 Å². The number of anilines is 1. The molecule has 0 bridgehead atoms. The van der Waals surface area contributed by atoms with E-state index >= 15 is 8.78 Å². The predicted molar refractivity (Wildman–Crippen MR) is 131 cm³/mol. The van der Waals surface area contributed by atoms with E-state index < -0.39 is 35.3 Å². The number of fused-ring (bicyclic) bond motifs is 1. The number of hydroxylamine groups is 2. The van der Waals surface area contributed by atoms with Gasteiger partial charge in [0, 0.05) is 38.2 Å². The molecule has 39 heavy (non-hydrogen) atoms. The molecule has 2 unspecified atom stereocenters. The highest BCUT2D eigenvalue weighted by Gasteiger charge is 2.32. The number of benzene rings is 1. The molecule has 15 heteroatoms. The van der Waals surface area contributed by atoms with Gasteiger partial charge in [0.2, 0.25) is 5.43 Å².